The van der Waals surface area contributed by atoms with Gasteiger partial charge in [-0.25, -0.2) is 0 Å². The van der Waals surface area contributed by atoms with Gasteiger partial charge in [0.1, 0.15) is 0 Å². The molecule has 0 aliphatic heterocycles. The van der Waals surface area contributed by atoms with Crippen LogP contribution in [0.4, 0.5) is 0 Å². The van der Waals surface area contributed by atoms with E-state index in [9.17, 15) is 20.1 Å². The molecule has 2 rings (SSSR count). The van der Waals surface area contributed by atoms with E-state index in [1.165, 1.54) is 0 Å². The van der Waals surface area contributed by atoms with Crippen molar-refractivity contribution in [3.63, 3.8) is 0 Å². The molecule has 0 heterocycles. The molecule has 108 valence electrons. The fourth-order valence-corrected chi connectivity index (χ4v) is 3.83. The first kappa shape index (κ1) is 14.7. The average Bonchev–Trinajstić information content (AvgIpc) is 2.58. The molecule has 1 fully saturated rings. The molecule has 0 amide bonds. The van der Waals surface area contributed by atoms with E-state index < -0.39 is 17.1 Å². The largest absolute Gasteiger partial charge is 0.396 e. The average molecular weight is 268 g/mol. The minimum atomic E-state index is -0.986. The molecule has 4 heteroatoms. The Morgan fingerprint density at radius 3 is 2.47 bits per heavy atom. The van der Waals surface area contributed by atoms with Gasteiger partial charge in [-0.3, -0.25) is 4.79 Å². The highest BCUT2D eigenvalue weighted by atomic mass is 16.3. The number of ketones is 1. The molecule has 4 atom stereocenters. The van der Waals surface area contributed by atoms with Crippen molar-refractivity contribution in [2.45, 2.75) is 51.7 Å². The van der Waals surface area contributed by atoms with Gasteiger partial charge in [-0.1, -0.05) is 6.08 Å². The maximum Gasteiger partial charge on any atom is 0.159 e. The van der Waals surface area contributed by atoms with E-state index in [2.05, 4.69) is 0 Å². The highest BCUT2D eigenvalue weighted by molar-refractivity contribution is 5.98. The summed E-state index contributed by atoms with van der Waals surface area (Å²) in [5, 5.41) is 30.5. The molecule has 2 aliphatic carbocycles. The van der Waals surface area contributed by atoms with Crippen molar-refractivity contribution in [1.29, 1.82) is 0 Å². The number of carbonyl (C=O) groups is 1. The maximum atomic E-state index is 11.9. The molecule has 19 heavy (non-hydrogen) atoms. The highest BCUT2D eigenvalue weighted by Gasteiger charge is 2.55. The van der Waals surface area contributed by atoms with Gasteiger partial charge in [0.15, 0.2) is 5.78 Å². The molecule has 0 aromatic heterocycles. The van der Waals surface area contributed by atoms with Crippen LogP contribution in [0.1, 0.15) is 40.0 Å². The number of rotatable bonds is 2. The molecule has 4 nitrogen and oxygen atoms in total. The van der Waals surface area contributed by atoms with E-state index in [1.807, 2.05) is 6.08 Å². The van der Waals surface area contributed by atoms with Crippen molar-refractivity contribution >= 4 is 5.78 Å². The molecule has 1 spiro atoms. The summed E-state index contributed by atoms with van der Waals surface area (Å²) in [6.07, 6.45) is 2.68. The summed E-state index contributed by atoms with van der Waals surface area (Å²) in [6, 6.07) is 0. The molecule has 0 aromatic carbocycles. The number of aliphatic hydroxyl groups excluding tert-OH is 2. The van der Waals surface area contributed by atoms with Gasteiger partial charge in [0.05, 0.1) is 11.7 Å². The van der Waals surface area contributed by atoms with Crippen LogP contribution in [0.5, 0.6) is 0 Å². The van der Waals surface area contributed by atoms with E-state index in [-0.39, 0.29) is 30.6 Å². The summed E-state index contributed by atoms with van der Waals surface area (Å²) in [5.41, 5.74) is -1.02. The van der Waals surface area contributed by atoms with Gasteiger partial charge in [-0.2, -0.15) is 0 Å². The fraction of sp³-hybridized carbons (Fsp3) is 0.800. The third kappa shape index (κ3) is 2.26. The minimum absolute atomic E-state index is 0.0350. The van der Waals surface area contributed by atoms with E-state index in [0.29, 0.717) is 12.0 Å². The Morgan fingerprint density at radius 1 is 1.42 bits per heavy atom. The van der Waals surface area contributed by atoms with Crippen LogP contribution >= 0.6 is 0 Å². The minimum Gasteiger partial charge on any atom is -0.396 e. The molecule has 0 bridgehead atoms. The van der Waals surface area contributed by atoms with Crippen molar-refractivity contribution in [3.8, 4) is 0 Å². The number of allylic oxidation sites excluding steroid dienone is 1. The molecular formula is C15H24O4. The van der Waals surface area contributed by atoms with Crippen LogP contribution in [0.2, 0.25) is 0 Å². The van der Waals surface area contributed by atoms with Crippen molar-refractivity contribution in [1.82, 2.24) is 0 Å². The summed E-state index contributed by atoms with van der Waals surface area (Å²) in [6.45, 7) is 5.11. The lowest BCUT2D eigenvalue weighted by Crippen LogP contribution is -2.54. The van der Waals surface area contributed by atoms with Crippen LogP contribution in [-0.4, -0.2) is 39.4 Å². The van der Waals surface area contributed by atoms with Crippen molar-refractivity contribution in [2.75, 3.05) is 6.61 Å². The fourth-order valence-electron chi connectivity index (χ4n) is 3.83. The van der Waals surface area contributed by atoms with E-state index in [0.717, 1.165) is 6.42 Å². The lowest BCUT2D eigenvalue weighted by molar-refractivity contribution is -0.143. The number of carbonyl (C=O) groups excluding carboxylic acids is 1. The smallest absolute Gasteiger partial charge is 0.159 e. The number of Topliss-reactive ketones (excluding diaryl/α,β-unsaturated/α-hetero) is 1. The molecule has 0 aromatic rings. The van der Waals surface area contributed by atoms with Gasteiger partial charge in [0.2, 0.25) is 0 Å². The first-order valence-electron chi connectivity index (χ1n) is 6.96. The molecule has 2 aliphatic rings. The Hall–Kier alpha value is -0.710. The third-order valence-electron chi connectivity index (χ3n) is 5.04. The van der Waals surface area contributed by atoms with E-state index in [1.54, 1.807) is 20.8 Å². The molecule has 0 saturated heterocycles. The zero-order valence-corrected chi connectivity index (χ0v) is 11.9. The van der Waals surface area contributed by atoms with Gasteiger partial charge in [0.25, 0.3) is 0 Å². The van der Waals surface area contributed by atoms with Gasteiger partial charge in [-0.05, 0) is 45.1 Å². The first-order valence-corrected chi connectivity index (χ1v) is 6.96. The second-order valence-corrected chi connectivity index (χ2v) is 6.70. The van der Waals surface area contributed by atoms with Crippen LogP contribution in [0, 0.1) is 17.3 Å². The van der Waals surface area contributed by atoms with E-state index in [4.69, 9.17) is 0 Å². The van der Waals surface area contributed by atoms with Crippen molar-refractivity contribution in [3.05, 3.63) is 11.6 Å². The molecule has 1 saturated carbocycles. The van der Waals surface area contributed by atoms with Gasteiger partial charge < -0.3 is 15.3 Å². The quantitative estimate of drug-likeness (QED) is 0.699. The van der Waals surface area contributed by atoms with Crippen molar-refractivity contribution in [2.24, 2.45) is 17.3 Å². The van der Waals surface area contributed by atoms with Gasteiger partial charge in [-0.15, -0.1) is 0 Å². The summed E-state index contributed by atoms with van der Waals surface area (Å²) in [4.78, 5) is 11.9. The second kappa shape index (κ2) is 4.69. The molecule has 3 N–H and O–H groups in total. The Morgan fingerprint density at radius 2 is 2.05 bits per heavy atom. The first-order chi connectivity index (χ1) is 8.72. The van der Waals surface area contributed by atoms with E-state index >= 15 is 0 Å². The van der Waals surface area contributed by atoms with Gasteiger partial charge >= 0.3 is 0 Å². The summed E-state index contributed by atoms with van der Waals surface area (Å²) >= 11 is 0. The Labute approximate surface area is 114 Å². The normalized spacial score (nSPS) is 39.8. The monoisotopic (exact) mass is 268 g/mol. The highest BCUT2D eigenvalue weighted by Crippen LogP contribution is 2.53. The molecular weight excluding hydrogens is 244 g/mol. The Bertz CT molecular complexity index is 407. The number of hydrogen-bond acceptors (Lipinski definition) is 4. The third-order valence-corrected chi connectivity index (χ3v) is 5.04. The number of hydrogen-bond donors (Lipinski definition) is 3. The lowest BCUT2D eigenvalue weighted by atomic mass is 9.58. The number of aliphatic hydroxyl groups is 3. The lowest BCUT2D eigenvalue weighted by Gasteiger charge is -2.50. The standard InChI is InChI=1S/C15H24O4/c1-9-6-15(7-12(9)17)10(8-16)4-5-11(13(15)18)14(2,3)19/h6,10-11,13,16,18-19H,4-5,7-8H2,1-3H3. The summed E-state index contributed by atoms with van der Waals surface area (Å²) < 4.78 is 0. The predicted octanol–water partition coefficient (Wildman–Crippen LogP) is 1.04. The van der Waals surface area contributed by atoms with Crippen molar-refractivity contribution < 1.29 is 20.1 Å². The zero-order chi connectivity index (χ0) is 14.4. The summed E-state index contributed by atoms with van der Waals surface area (Å²) in [5.74, 6) is -0.346. The Balaban J connectivity index is 2.40. The van der Waals surface area contributed by atoms with Crippen LogP contribution in [-0.2, 0) is 4.79 Å². The topological polar surface area (TPSA) is 77.8 Å². The molecule has 4 unspecified atom stereocenters. The van der Waals surface area contributed by atoms with Crippen LogP contribution in [0.15, 0.2) is 11.6 Å². The Kier molecular flexibility index (Phi) is 3.62. The van der Waals surface area contributed by atoms with Crippen LogP contribution < -0.4 is 0 Å². The SMILES string of the molecule is CC1=CC2(CC1=O)C(CO)CCC(C(C)(C)O)C2O. The second-order valence-electron chi connectivity index (χ2n) is 6.70. The molecule has 0 radical (unpaired) electrons. The maximum absolute atomic E-state index is 11.9. The zero-order valence-electron chi connectivity index (χ0n) is 11.9. The predicted molar refractivity (Wildman–Crippen MR) is 71.4 cm³/mol. The van der Waals surface area contributed by atoms with Gasteiger partial charge in [0, 0.05) is 24.4 Å². The summed E-state index contributed by atoms with van der Waals surface area (Å²) in [7, 11) is 0. The van der Waals surface area contributed by atoms with Crippen LogP contribution in [0.3, 0.4) is 0 Å². The van der Waals surface area contributed by atoms with Crippen LogP contribution in [0.25, 0.3) is 0 Å².